The summed E-state index contributed by atoms with van der Waals surface area (Å²) in [4.78, 5) is 11.0. The Morgan fingerprint density at radius 1 is 1.56 bits per heavy atom. The molecule has 18 heavy (non-hydrogen) atoms. The Morgan fingerprint density at radius 3 is 2.78 bits per heavy atom. The monoisotopic (exact) mass is 268 g/mol. The van der Waals surface area contributed by atoms with Crippen molar-refractivity contribution >= 4 is 27.4 Å². The van der Waals surface area contributed by atoms with Gasteiger partial charge in [-0.3, -0.25) is 4.79 Å². The van der Waals surface area contributed by atoms with Gasteiger partial charge in [0.15, 0.2) is 11.6 Å². The molecule has 1 aromatic heterocycles. The van der Waals surface area contributed by atoms with Crippen LogP contribution < -0.4 is 4.74 Å². The SMILES string of the molecule is COc1cc(C)c2c(C(C)C(=O)O)csc2c1F. The second-order valence-corrected chi connectivity index (χ2v) is 5.04. The van der Waals surface area contributed by atoms with Crippen LogP contribution in [-0.2, 0) is 4.79 Å². The van der Waals surface area contributed by atoms with E-state index in [1.165, 1.54) is 18.4 Å². The highest BCUT2D eigenvalue weighted by Gasteiger charge is 2.22. The number of aryl methyl sites for hydroxylation is 1. The molecule has 0 aliphatic rings. The van der Waals surface area contributed by atoms with Gasteiger partial charge in [0.1, 0.15) is 0 Å². The summed E-state index contributed by atoms with van der Waals surface area (Å²) < 4.78 is 19.5. The maximum absolute atomic E-state index is 14.1. The van der Waals surface area contributed by atoms with Gasteiger partial charge in [0.05, 0.1) is 17.7 Å². The zero-order valence-corrected chi connectivity index (χ0v) is 11.1. The summed E-state index contributed by atoms with van der Waals surface area (Å²) >= 11 is 1.21. The van der Waals surface area contributed by atoms with Gasteiger partial charge < -0.3 is 9.84 Å². The first kappa shape index (κ1) is 12.8. The predicted octanol–water partition coefficient (Wildman–Crippen LogP) is 3.55. The fraction of sp³-hybridized carbons (Fsp3) is 0.308. The van der Waals surface area contributed by atoms with Gasteiger partial charge in [0.2, 0.25) is 0 Å². The lowest BCUT2D eigenvalue weighted by molar-refractivity contribution is -0.138. The average molecular weight is 268 g/mol. The zero-order chi connectivity index (χ0) is 13.4. The number of thiophene rings is 1. The highest BCUT2D eigenvalue weighted by molar-refractivity contribution is 7.17. The first-order valence-electron chi connectivity index (χ1n) is 5.44. The van der Waals surface area contributed by atoms with Crippen LogP contribution in [0.25, 0.3) is 10.1 Å². The number of aliphatic carboxylic acids is 1. The number of hydrogen-bond donors (Lipinski definition) is 1. The quantitative estimate of drug-likeness (QED) is 0.926. The Balaban J connectivity index is 2.74. The fourth-order valence-corrected chi connectivity index (χ4v) is 3.15. The minimum absolute atomic E-state index is 0.191. The Hall–Kier alpha value is -1.62. The highest BCUT2D eigenvalue weighted by Crippen LogP contribution is 2.38. The maximum Gasteiger partial charge on any atom is 0.310 e. The van der Waals surface area contributed by atoms with Gasteiger partial charge in [-0.25, -0.2) is 4.39 Å². The van der Waals surface area contributed by atoms with Gasteiger partial charge in [-0.05, 0) is 36.4 Å². The lowest BCUT2D eigenvalue weighted by Crippen LogP contribution is -2.07. The van der Waals surface area contributed by atoms with Crippen LogP contribution in [0.1, 0.15) is 24.0 Å². The minimum Gasteiger partial charge on any atom is -0.494 e. The van der Waals surface area contributed by atoms with E-state index in [-0.39, 0.29) is 5.75 Å². The van der Waals surface area contributed by atoms with Crippen molar-refractivity contribution in [2.45, 2.75) is 19.8 Å². The Kier molecular flexibility index (Phi) is 3.26. The summed E-state index contributed by atoms with van der Waals surface area (Å²) in [5.41, 5.74) is 1.48. The molecule has 1 atom stereocenters. The number of ether oxygens (including phenoxy) is 1. The molecular formula is C13H13FO3S. The molecule has 2 rings (SSSR count). The number of rotatable bonds is 3. The fourth-order valence-electron chi connectivity index (χ4n) is 1.98. The van der Waals surface area contributed by atoms with Gasteiger partial charge >= 0.3 is 5.97 Å². The van der Waals surface area contributed by atoms with Gasteiger partial charge in [0, 0.05) is 5.39 Å². The lowest BCUT2D eigenvalue weighted by Gasteiger charge is -2.09. The molecule has 0 fully saturated rings. The topological polar surface area (TPSA) is 46.5 Å². The van der Waals surface area contributed by atoms with Crippen molar-refractivity contribution in [1.82, 2.24) is 0 Å². The Labute approximate surface area is 108 Å². The standard InChI is InChI=1S/C13H13FO3S/c1-6-4-9(17-3)11(14)12-10(6)8(5-18-12)7(2)13(15)16/h4-5,7H,1-3H3,(H,15,16). The first-order chi connectivity index (χ1) is 8.47. The average Bonchev–Trinajstić information content (AvgIpc) is 2.77. The zero-order valence-electron chi connectivity index (χ0n) is 10.3. The van der Waals surface area contributed by atoms with E-state index < -0.39 is 17.7 Å². The third kappa shape index (κ3) is 1.84. The molecule has 1 heterocycles. The van der Waals surface area contributed by atoms with Crippen LogP contribution in [0.5, 0.6) is 5.75 Å². The van der Waals surface area contributed by atoms with Crippen LogP contribution in [-0.4, -0.2) is 18.2 Å². The highest BCUT2D eigenvalue weighted by atomic mass is 32.1. The summed E-state index contributed by atoms with van der Waals surface area (Å²) in [5.74, 6) is -1.79. The Bertz CT molecular complexity index is 618. The molecule has 0 saturated carbocycles. The third-order valence-electron chi connectivity index (χ3n) is 3.03. The molecule has 0 amide bonds. The smallest absolute Gasteiger partial charge is 0.310 e. The van der Waals surface area contributed by atoms with E-state index in [2.05, 4.69) is 0 Å². The largest absolute Gasteiger partial charge is 0.494 e. The van der Waals surface area contributed by atoms with Gasteiger partial charge in [-0.1, -0.05) is 0 Å². The van der Waals surface area contributed by atoms with Crippen LogP contribution in [0.4, 0.5) is 4.39 Å². The molecule has 1 aromatic carbocycles. The molecule has 1 N–H and O–H groups in total. The number of carbonyl (C=O) groups is 1. The maximum atomic E-state index is 14.1. The van der Waals surface area contributed by atoms with E-state index in [1.54, 1.807) is 18.4 Å². The second-order valence-electron chi connectivity index (χ2n) is 4.16. The number of halogens is 1. The number of hydrogen-bond acceptors (Lipinski definition) is 3. The number of fused-ring (bicyclic) bond motifs is 1. The molecular weight excluding hydrogens is 255 g/mol. The van der Waals surface area contributed by atoms with E-state index in [0.29, 0.717) is 15.6 Å². The summed E-state index contributed by atoms with van der Waals surface area (Å²) in [6, 6.07) is 1.60. The molecule has 5 heteroatoms. The van der Waals surface area contributed by atoms with E-state index in [0.717, 1.165) is 5.56 Å². The van der Waals surface area contributed by atoms with Gasteiger partial charge in [-0.2, -0.15) is 0 Å². The van der Waals surface area contributed by atoms with Crippen LogP contribution in [0.3, 0.4) is 0 Å². The number of methoxy groups -OCH3 is 1. The molecule has 0 spiro atoms. The predicted molar refractivity (Wildman–Crippen MR) is 69.1 cm³/mol. The van der Waals surface area contributed by atoms with E-state index in [9.17, 15) is 9.18 Å². The third-order valence-corrected chi connectivity index (χ3v) is 4.02. The summed E-state index contributed by atoms with van der Waals surface area (Å²) in [6.07, 6.45) is 0. The van der Waals surface area contributed by atoms with Crippen molar-refractivity contribution in [2.24, 2.45) is 0 Å². The lowest BCUT2D eigenvalue weighted by atomic mass is 9.97. The van der Waals surface area contributed by atoms with Crippen molar-refractivity contribution in [3.05, 3.63) is 28.4 Å². The first-order valence-corrected chi connectivity index (χ1v) is 6.32. The van der Waals surface area contributed by atoms with Crippen molar-refractivity contribution in [1.29, 1.82) is 0 Å². The van der Waals surface area contributed by atoms with Crippen LogP contribution in [0, 0.1) is 12.7 Å². The molecule has 0 bridgehead atoms. The molecule has 2 aromatic rings. The second kappa shape index (κ2) is 4.57. The van der Waals surface area contributed by atoms with Gasteiger partial charge in [-0.15, -0.1) is 11.3 Å². The molecule has 0 radical (unpaired) electrons. The minimum atomic E-state index is -0.912. The van der Waals surface area contributed by atoms with Crippen molar-refractivity contribution in [3.63, 3.8) is 0 Å². The summed E-state index contributed by atoms with van der Waals surface area (Å²) in [6.45, 7) is 3.43. The van der Waals surface area contributed by atoms with E-state index >= 15 is 0 Å². The van der Waals surface area contributed by atoms with Crippen LogP contribution in [0.2, 0.25) is 0 Å². The Morgan fingerprint density at radius 2 is 2.22 bits per heavy atom. The summed E-state index contributed by atoms with van der Waals surface area (Å²) in [7, 11) is 1.41. The molecule has 0 aliphatic carbocycles. The number of benzene rings is 1. The van der Waals surface area contributed by atoms with Gasteiger partial charge in [0.25, 0.3) is 0 Å². The molecule has 0 aliphatic heterocycles. The van der Waals surface area contributed by atoms with Crippen LogP contribution >= 0.6 is 11.3 Å². The van der Waals surface area contributed by atoms with Crippen molar-refractivity contribution in [2.75, 3.05) is 7.11 Å². The number of carboxylic acids is 1. The van der Waals surface area contributed by atoms with Crippen molar-refractivity contribution < 1.29 is 19.0 Å². The summed E-state index contributed by atoms with van der Waals surface area (Å²) in [5, 5.41) is 11.5. The van der Waals surface area contributed by atoms with Crippen LogP contribution in [0.15, 0.2) is 11.4 Å². The normalized spacial score (nSPS) is 12.7. The van der Waals surface area contributed by atoms with E-state index in [4.69, 9.17) is 9.84 Å². The van der Waals surface area contributed by atoms with E-state index in [1.807, 2.05) is 6.92 Å². The molecule has 96 valence electrons. The van der Waals surface area contributed by atoms with Crippen molar-refractivity contribution in [3.8, 4) is 5.75 Å². The molecule has 1 unspecified atom stereocenters. The molecule has 0 saturated heterocycles. The number of carboxylic acid groups (broad SMARTS) is 1. The molecule has 3 nitrogen and oxygen atoms in total.